The third kappa shape index (κ3) is 7.97. The van der Waals surface area contributed by atoms with E-state index in [1.807, 2.05) is 36.3 Å². The molecule has 2 aromatic rings. The number of halogens is 1. The highest BCUT2D eigenvalue weighted by molar-refractivity contribution is 14.0. The number of aryl methyl sites for hydroxylation is 1. The molecule has 1 aliphatic rings. The molecule has 0 aliphatic carbocycles. The average molecular weight is 542 g/mol. The van der Waals surface area contributed by atoms with Gasteiger partial charge in [0.25, 0.3) is 0 Å². The van der Waals surface area contributed by atoms with Gasteiger partial charge in [0.15, 0.2) is 5.96 Å². The molecule has 0 saturated carbocycles. The lowest BCUT2D eigenvalue weighted by molar-refractivity contribution is 0.0179. The molecule has 1 aromatic heterocycles. The van der Waals surface area contributed by atoms with Crippen LogP contribution in [0, 0.1) is 0 Å². The number of rotatable bonds is 9. The summed E-state index contributed by atoms with van der Waals surface area (Å²) in [6.07, 6.45) is 4.86. The fraction of sp³-hybridized carbons (Fsp3) is 0.545. The third-order valence-electron chi connectivity index (χ3n) is 5.22. The molecule has 0 radical (unpaired) electrons. The SMILES string of the molecule is CCNC(=NCC(c1ccc(OC)cc1)N1CCOCC1)NCCc1cnn(C)c1.I. The maximum absolute atomic E-state index is 5.55. The number of benzene rings is 1. The molecule has 3 rings (SSSR count). The fourth-order valence-corrected chi connectivity index (χ4v) is 3.59. The summed E-state index contributed by atoms with van der Waals surface area (Å²) < 4.78 is 12.7. The first-order valence-corrected chi connectivity index (χ1v) is 10.6. The first-order valence-electron chi connectivity index (χ1n) is 10.6. The third-order valence-corrected chi connectivity index (χ3v) is 5.22. The molecule has 31 heavy (non-hydrogen) atoms. The number of hydrogen-bond acceptors (Lipinski definition) is 5. The minimum absolute atomic E-state index is 0. The Morgan fingerprint density at radius 1 is 1.23 bits per heavy atom. The lowest BCUT2D eigenvalue weighted by Crippen LogP contribution is -2.42. The van der Waals surface area contributed by atoms with Crippen LogP contribution in [0.4, 0.5) is 0 Å². The molecule has 0 spiro atoms. The first-order chi connectivity index (χ1) is 14.7. The van der Waals surface area contributed by atoms with Crippen molar-refractivity contribution in [1.82, 2.24) is 25.3 Å². The van der Waals surface area contributed by atoms with Crippen molar-refractivity contribution < 1.29 is 9.47 Å². The second kappa shape index (κ2) is 13.5. The molecule has 2 N–H and O–H groups in total. The normalized spacial score (nSPS) is 15.8. The van der Waals surface area contributed by atoms with Crippen LogP contribution in [0.15, 0.2) is 41.7 Å². The van der Waals surface area contributed by atoms with E-state index >= 15 is 0 Å². The van der Waals surface area contributed by atoms with E-state index in [0.717, 1.165) is 57.5 Å². The molecule has 1 aliphatic heterocycles. The molecule has 1 aromatic carbocycles. The molecule has 8 nitrogen and oxygen atoms in total. The minimum Gasteiger partial charge on any atom is -0.497 e. The predicted octanol–water partition coefficient (Wildman–Crippen LogP) is 2.22. The highest BCUT2D eigenvalue weighted by Crippen LogP contribution is 2.24. The summed E-state index contributed by atoms with van der Waals surface area (Å²) in [4.78, 5) is 7.36. The molecule has 0 bridgehead atoms. The van der Waals surface area contributed by atoms with Crippen molar-refractivity contribution in [1.29, 1.82) is 0 Å². The Morgan fingerprint density at radius 3 is 2.58 bits per heavy atom. The van der Waals surface area contributed by atoms with Crippen LogP contribution in [-0.2, 0) is 18.2 Å². The molecule has 1 fully saturated rings. The second-order valence-electron chi connectivity index (χ2n) is 7.36. The van der Waals surface area contributed by atoms with Crippen LogP contribution in [0.1, 0.15) is 24.1 Å². The van der Waals surface area contributed by atoms with Crippen LogP contribution in [0.2, 0.25) is 0 Å². The van der Waals surface area contributed by atoms with Gasteiger partial charge in [-0.05, 0) is 36.6 Å². The van der Waals surface area contributed by atoms with E-state index in [-0.39, 0.29) is 30.0 Å². The maximum Gasteiger partial charge on any atom is 0.191 e. The largest absolute Gasteiger partial charge is 0.497 e. The van der Waals surface area contributed by atoms with E-state index in [2.05, 4.69) is 39.7 Å². The molecular weight excluding hydrogens is 507 g/mol. The summed E-state index contributed by atoms with van der Waals surface area (Å²) in [5.41, 5.74) is 2.46. The summed E-state index contributed by atoms with van der Waals surface area (Å²) in [5.74, 6) is 1.71. The van der Waals surface area contributed by atoms with E-state index in [4.69, 9.17) is 14.5 Å². The topological polar surface area (TPSA) is 75.9 Å². The van der Waals surface area contributed by atoms with E-state index in [0.29, 0.717) is 6.54 Å². The lowest BCUT2D eigenvalue weighted by atomic mass is 10.0. The Hall–Kier alpha value is -1.85. The van der Waals surface area contributed by atoms with Gasteiger partial charge in [0.05, 0.1) is 39.1 Å². The van der Waals surface area contributed by atoms with Crippen LogP contribution in [0.5, 0.6) is 5.75 Å². The smallest absolute Gasteiger partial charge is 0.191 e. The number of guanidine groups is 1. The Kier molecular flexibility index (Phi) is 11.1. The Morgan fingerprint density at radius 2 is 1.97 bits per heavy atom. The molecule has 0 amide bonds. The van der Waals surface area contributed by atoms with Gasteiger partial charge in [0.2, 0.25) is 0 Å². The zero-order chi connectivity index (χ0) is 21.2. The predicted molar refractivity (Wildman–Crippen MR) is 134 cm³/mol. The molecule has 1 unspecified atom stereocenters. The quantitative estimate of drug-likeness (QED) is 0.288. The van der Waals surface area contributed by atoms with Crippen molar-refractivity contribution >= 4 is 29.9 Å². The van der Waals surface area contributed by atoms with Crippen molar-refractivity contribution in [3.05, 3.63) is 47.8 Å². The minimum atomic E-state index is 0. The standard InChI is InChI=1S/C22H34N6O2.HI/c1-4-23-22(24-10-9-18-15-26-27(2)17-18)25-16-21(28-11-13-30-14-12-28)19-5-7-20(29-3)8-6-19;/h5-8,15,17,21H,4,9-14,16H2,1-3H3,(H2,23,24,25);1H. The number of aromatic nitrogens is 2. The zero-order valence-electron chi connectivity index (χ0n) is 18.7. The molecule has 1 atom stereocenters. The van der Waals surface area contributed by atoms with Gasteiger partial charge in [0, 0.05) is 39.4 Å². The van der Waals surface area contributed by atoms with Gasteiger partial charge in [-0.1, -0.05) is 12.1 Å². The van der Waals surface area contributed by atoms with Gasteiger partial charge in [-0.2, -0.15) is 5.10 Å². The van der Waals surface area contributed by atoms with Crippen molar-refractivity contribution in [2.24, 2.45) is 12.0 Å². The van der Waals surface area contributed by atoms with Gasteiger partial charge in [-0.15, -0.1) is 24.0 Å². The molecule has 1 saturated heterocycles. The summed E-state index contributed by atoms with van der Waals surface area (Å²) in [6, 6.07) is 8.51. The van der Waals surface area contributed by atoms with Crippen molar-refractivity contribution in [3.8, 4) is 5.75 Å². The Labute approximate surface area is 202 Å². The van der Waals surface area contributed by atoms with Crippen molar-refractivity contribution in [3.63, 3.8) is 0 Å². The monoisotopic (exact) mass is 542 g/mol. The van der Waals surface area contributed by atoms with E-state index < -0.39 is 0 Å². The molecule has 2 heterocycles. The van der Waals surface area contributed by atoms with Crippen molar-refractivity contribution in [2.75, 3.05) is 53.0 Å². The average Bonchev–Trinajstić information content (AvgIpc) is 3.20. The van der Waals surface area contributed by atoms with Gasteiger partial charge in [-0.3, -0.25) is 14.6 Å². The summed E-state index contributed by atoms with van der Waals surface area (Å²) in [7, 11) is 3.63. The van der Waals surface area contributed by atoms with Crippen LogP contribution in [-0.4, -0.2) is 73.7 Å². The fourth-order valence-electron chi connectivity index (χ4n) is 3.59. The van der Waals surface area contributed by atoms with E-state index in [9.17, 15) is 0 Å². The number of methoxy groups -OCH3 is 1. The van der Waals surface area contributed by atoms with Gasteiger partial charge >= 0.3 is 0 Å². The van der Waals surface area contributed by atoms with Gasteiger partial charge in [-0.25, -0.2) is 0 Å². The summed E-state index contributed by atoms with van der Waals surface area (Å²) in [6.45, 7) is 7.75. The molecular formula is C22H35IN6O2. The Balaban J connectivity index is 0.00000341. The number of nitrogens with zero attached hydrogens (tertiary/aromatic N) is 4. The summed E-state index contributed by atoms with van der Waals surface area (Å²) in [5, 5.41) is 11.0. The number of hydrogen-bond donors (Lipinski definition) is 2. The lowest BCUT2D eigenvalue weighted by Gasteiger charge is -2.34. The van der Waals surface area contributed by atoms with E-state index in [1.54, 1.807) is 7.11 Å². The van der Waals surface area contributed by atoms with Crippen LogP contribution in [0.3, 0.4) is 0 Å². The highest BCUT2D eigenvalue weighted by atomic mass is 127. The first kappa shape index (κ1) is 25.4. The van der Waals surface area contributed by atoms with Gasteiger partial charge in [0.1, 0.15) is 5.75 Å². The molecule has 172 valence electrons. The highest BCUT2D eigenvalue weighted by Gasteiger charge is 2.22. The number of aliphatic imine (C=N–C) groups is 1. The van der Waals surface area contributed by atoms with Crippen LogP contribution >= 0.6 is 24.0 Å². The summed E-state index contributed by atoms with van der Waals surface area (Å²) >= 11 is 0. The Bertz CT molecular complexity index is 790. The van der Waals surface area contributed by atoms with Crippen LogP contribution < -0.4 is 15.4 Å². The van der Waals surface area contributed by atoms with Crippen LogP contribution in [0.25, 0.3) is 0 Å². The van der Waals surface area contributed by atoms with E-state index in [1.165, 1.54) is 11.1 Å². The molecule has 9 heteroatoms. The number of ether oxygens (including phenoxy) is 2. The number of nitrogens with one attached hydrogen (secondary N) is 2. The van der Waals surface area contributed by atoms with Crippen molar-refractivity contribution in [2.45, 2.75) is 19.4 Å². The van der Waals surface area contributed by atoms with Gasteiger partial charge < -0.3 is 20.1 Å². The number of morpholine rings is 1. The zero-order valence-corrected chi connectivity index (χ0v) is 21.0. The maximum atomic E-state index is 5.55. The second-order valence-corrected chi connectivity index (χ2v) is 7.36.